The average Bonchev–Trinajstić information content (AvgIpc) is 2.28. The Morgan fingerprint density at radius 2 is 2.06 bits per heavy atom. The van der Waals surface area contributed by atoms with E-state index >= 15 is 0 Å². The van der Waals surface area contributed by atoms with Crippen LogP contribution in [0.4, 0.5) is 4.39 Å². The molecule has 94 valence electrons. The standard InChI is InChI=1S/C13H18FNO2/c1-13(2,9-15-8-12(16)17-3)10-6-4-5-7-11(10)14/h4-7,15H,8-9H2,1-3H3. The van der Waals surface area contributed by atoms with E-state index in [0.717, 1.165) is 0 Å². The smallest absolute Gasteiger partial charge is 0.319 e. The number of carbonyl (C=O) groups excluding carboxylic acids is 1. The van der Waals surface area contributed by atoms with Gasteiger partial charge in [0, 0.05) is 12.0 Å². The van der Waals surface area contributed by atoms with E-state index in [2.05, 4.69) is 10.1 Å². The number of carbonyl (C=O) groups is 1. The first-order chi connectivity index (χ1) is 7.97. The van der Waals surface area contributed by atoms with Crippen LogP contribution < -0.4 is 5.32 Å². The van der Waals surface area contributed by atoms with E-state index in [4.69, 9.17) is 0 Å². The number of ether oxygens (including phenoxy) is 1. The summed E-state index contributed by atoms with van der Waals surface area (Å²) in [4.78, 5) is 10.9. The predicted molar refractivity (Wildman–Crippen MR) is 64.3 cm³/mol. The fourth-order valence-electron chi connectivity index (χ4n) is 1.65. The first-order valence-corrected chi connectivity index (χ1v) is 5.50. The van der Waals surface area contributed by atoms with Gasteiger partial charge in [-0.25, -0.2) is 4.39 Å². The van der Waals surface area contributed by atoms with Gasteiger partial charge in [0.1, 0.15) is 5.82 Å². The van der Waals surface area contributed by atoms with Gasteiger partial charge < -0.3 is 10.1 Å². The van der Waals surface area contributed by atoms with E-state index in [-0.39, 0.29) is 23.7 Å². The van der Waals surface area contributed by atoms with Crippen molar-refractivity contribution in [3.05, 3.63) is 35.6 Å². The zero-order valence-corrected chi connectivity index (χ0v) is 10.4. The normalized spacial score (nSPS) is 11.3. The van der Waals surface area contributed by atoms with E-state index in [9.17, 15) is 9.18 Å². The Labute approximate surface area is 101 Å². The van der Waals surface area contributed by atoms with Crippen molar-refractivity contribution in [1.82, 2.24) is 5.32 Å². The lowest BCUT2D eigenvalue weighted by molar-refractivity contribution is -0.139. The summed E-state index contributed by atoms with van der Waals surface area (Å²) in [5.41, 5.74) is 0.261. The van der Waals surface area contributed by atoms with Gasteiger partial charge in [0.15, 0.2) is 0 Å². The first kappa shape index (κ1) is 13.6. The highest BCUT2D eigenvalue weighted by molar-refractivity contribution is 5.71. The summed E-state index contributed by atoms with van der Waals surface area (Å²) in [5, 5.41) is 2.96. The van der Waals surface area contributed by atoms with Crippen LogP contribution in [0.15, 0.2) is 24.3 Å². The van der Waals surface area contributed by atoms with Crippen LogP contribution in [0, 0.1) is 5.82 Å². The molecule has 0 spiro atoms. The number of hydrogen-bond acceptors (Lipinski definition) is 3. The molecule has 0 heterocycles. The fraction of sp³-hybridized carbons (Fsp3) is 0.462. The maximum atomic E-state index is 13.6. The topological polar surface area (TPSA) is 38.3 Å². The van der Waals surface area contributed by atoms with Gasteiger partial charge in [-0.15, -0.1) is 0 Å². The van der Waals surface area contributed by atoms with Crippen molar-refractivity contribution < 1.29 is 13.9 Å². The van der Waals surface area contributed by atoms with Crippen LogP contribution in [0.25, 0.3) is 0 Å². The third-order valence-electron chi connectivity index (χ3n) is 2.67. The minimum Gasteiger partial charge on any atom is -0.468 e. The summed E-state index contributed by atoms with van der Waals surface area (Å²) >= 11 is 0. The Morgan fingerprint density at radius 1 is 1.41 bits per heavy atom. The number of benzene rings is 1. The average molecular weight is 239 g/mol. The molecule has 0 saturated heterocycles. The summed E-state index contributed by atoms with van der Waals surface area (Å²) < 4.78 is 18.1. The highest BCUT2D eigenvalue weighted by atomic mass is 19.1. The van der Waals surface area contributed by atoms with Crippen LogP contribution in [0.3, 0.4) is 0 Å². The van der Waals surface area contributed by atoms with E-state index in [1.807, 2.05) is 13.8 Å². The maximum Gasteiger partial charge on any atom is 0.319 e. The third kappa shape index (κ3) is 3.82. The molecule has 1 rings (SSSR count). The minimum atomic E-state index is -0.376. The van der Waals surface area contributed by atoms with Crippen LogP contribution >= 0.6 is 0 Å². The van der Waals surface area contributed by atoms with Crippen LogP contribution in [0.2, 0.25) is 0 Å². The van der Waals surface area contributed by atoms with E-state index < -0.39 is 0 Å². The molecule has 0 aliphatic carbocycles. The molecule has 0 atom stereocenters. The van der Waals surface area contributed by atoms with Crippen molar-refractivity contribution in [1.29, 1.82) is 0 Å². The molecule has 3 nitrogen and oxygen atoms in total. The van der Waals surface area contributed by atoms with Crippen LogP contribution in [0.1, 0.15) is 19.4 Å². The van der Waals surface area contributed by atoms with Crippen molar-refractivity contribution in [3.8, 4) is 0 Å². The maximum absolute atomic E-state index is 13.6. The van der Waals surface area contributed by atoms with Crippen molar-refractivity contribution in [3.63, 3.8) is 0 Å². The number of rotatable bonds is 5. The van der Waals surface area contributed by atoms with Crippen molar-refractivity contribution in [2.75, 3.05) is 20.2 Å². The predicted octanol–water partition coefficient (Wildman–Crippen LogP) is 1.87. The molecular formula is C13H18FNO2. The van der Waals surface area contributed by atoms with E-state index in [1.165, 1.54) is 13.2 Å². The molecule has 0 amide bonds. The van der Waals surface area contributed by atoms with Gasteiger partial charge in [-0.1, -0.05) is 32.0 Å². The third-order valence-corrected chi connectivity index (χ3v) is 2.67. The molecule has 1 aromatic rings. The van der Waals surface area contributed by atoms with Crippen molar-refractivity contribution >= 4 is 5.97 Å². The second-order valence-electron chi connectivity index (χ2n) is 4.54. The molecule has 4 heteroatoms. The SMILES string of the molecule is COC(=O)CNCC(C)(C)c1ccccc1F. The molecule has 0 fully saturated rings. The van der Waals surface area contributed by atoms with Crippen molar-refractivity contribution in [2.24, 2.45) is 0 Å². The summed E-state index contributed by atoms with van der Waals surface area (Å²) in [5.74, 6) is -0.549. The fourth-order valence-corrected chi connectivity index (χ4v) is 1.65. The molecule has 0 unspecified atom stereocenters. The monoisotopic (exact) mass is 239 g/mol. The van der Waals surface area contributed by atoms with Gasteiger partial charge in [0.2, 0.25) is 0 Å². The van der Waals surface area contributed by atoms with Gasteiger partial charge >= 0.3 is 5.97 Å². The van der Waals surface area contributed by atoms with Crippen LogP contribution in [-0.4, -0.2) is 26.2 Å². The minimum absolute atomic E-state index is 0.133. The second-order valence-corrected chi connectivity index (χ2v) is 4.54. The summed E-state index contributed by atoms with van der Waals surface area (Å²) in [6.07, 6.45) is 0. The lowest BCUT2D eigenvalue weighted by Gasteiger charge is -2.25. The van der Waals surface area contributed by atoms with Gasteiger partial charge in [0.25, 0.3) is 0 Å². The largest absolute Gasteiger partial charge is 0.468 e. The van der Waals surface area contributed by atoms with Gasteiger partial charge in [-0.3, -0.25) is 4.79 Å². The molecule has 1 aromatic carbocycles. The van der Waals surface area contributed by atoms with Crippen molar-refractivity contribution in [2.45, 2.75) is 19.3 Å². The van der Waals surface area contributed by atoms with Gasteiger partial charge in [-0.05, 0) is 11.6 Å². The number of methoxy groups -OCH3 is 1. The number of nitrogens with one attached hydrogen (secondary N) is 1. The zero-order chi connectivity index (χ0) is 12.9. The number of halogens is 1. The molecule has 17 heavy (non-hydrogen) atoms. The van der Waals surface area contributed by atoms with Gasteiger partial charge in [0.05, 0.1) is 13.7 Å². The Morgan fingerprint density at radius 3 is 2.65 bits per heavy atom. The molecule has 0 aliphatic rings. The van der Waals surface area contributed by atoms with Crippen LogP contribution in [0.5, 0.6) is 0 Å². The quantitative estimate of drug-likeness (QED) is 0.797. The molecule has 0 bridgehead atoms. The van der Waals surface area contributed by atoms with E-state index in [1.54, 1.807) is 18.2 Å². The molecule has 0 aromatic heterocycles. The molecule has 0 aliphatic heterocycles. The number of esters is 1. The number of hydrogen-bond donors (Lipinski definition) is 1. The molecule has 1 N–H and O–H groups in total. The highest BCUT2D eigenvalue weighted by Crippen LogP contribution is 2.24. The first-order valence-electron chi connectivity index (χ1n) is 5.50. The lowest BCUT2D eigenvalue weighted by Crippen LogP contribution is -2.36. The summed E-state index contributed by atoms with van der Waals surface area (Å²) in [6.45, 7) is 4.49. The van der Waals surface area contributed by atoms with Gasteiger partial charge in [-0.2, -0.15) is 0 Å². The molecular weight excluding hydrogens is 221 g/mol. The second kappa shape index (κ2) is 5.77. The summed E-state index contributed by atoms with van der Waals surface area (Å²) in [6, 6.07) is 6.67. The Bertz CT molecular complexity index is 391. The Kier molecular flexibility index (Phi) is 4.63. The Hall–Kier alpha value is -1.42. The summed E-state index contributed by atoms with van der Waals surface area (Å²) in [7, 11) is 1.34. The molecule has 0 saturated carbocycles. The van der Waals surface area contributed by atoms with E-state index in [0.29, 0.717) is 12.1 Å². The lowest BCUT2D eigenvalue weighted by atomic mass is 9.84. The van der Waals surface area contributed by atoms with Crippen LogP contribution in [-0.2, 0) is 14.9 Å². The Balaban J connectivity index is 2.63. The highest BCUT2D eigenvalue weighted by Gasteiger charge is 2.23. The zero-order valence-electron chi connectivity index (χ0n) is 10.4. The molecule has 0 radical (unpaired) electrons.